The van der Waals surface area contributed by atoms with Crippen molar-refractivity contribution < 1.29 is 9.53 Å². The first-order chi connectivity index (χ1) is 10.2. The molecule has 1 aliphatic rings. The molecular weight excluding hydrogens is 262 g/mol. The van der Waals surface area contributed by atoms with Crippen LogP contribution in [-0.4, -0.2) is 25.0 Å². The Hall–Kier alpha value is -2.29. The van der Waals surface area contributed by atoms with Crippen LogP contribution in [0.1, 0.15) is 23.6 Å². The highest BCUT2D eigenvalue weighted by atomic mass is 16.5. The number of amides is 1. The Morgan fingerprint density at radius 2 is 1.95 bits per heavy atom. The smallest absolute Gasteiger partial charge is 0.210 e. The molecule has 0 aromatic heterocycles. The van der Waals surface area contributed by atoms with Crippen LogP contribution in [0, 0.1) is 0 Å². The third-order valence-electron chi connectivity index (χ3n) is 4.50. The van der Waals surface area contributed by atoms with E-state index < -0.39 is 5.54 Å². The molecule has 3 heteroatoms. The fourth-order valence-electron chi connectivity index (χ4n) is 3.24. The summed E-state index contributed by atoms with van der Waals surface area (Å²) in [7, 11) is 1.68. The summed E-state index contributed by atoms with van der Waals surface area (Å²) in [5, 5.41) is 0. The van der Waals surface area contributed by atoms with Crippen molar-refractivity contribution in [3.63, 3.8) is 0 Å². The zero-order valence-corrected chi connectivity index (χ0v) is 12.4. The van der Waals surface area contributed by atoms with E-state index >= 15 is 0 Å². The first-order valence-corrected chi connectivity index (χ1v) is 7.15. The summed E-state index contributed by atoms with van der Waals surface area (Å²) in [5.41, 5.74) is 3.12. The maximum atomic E-state index is 11.6. The van der Waals surface area contributed by atoms with Crippen molar-refractivity contribution in [1.82, 2.24) is 4.90 Å². The van der Waals surface area contributed by atoms with Gasteiger partial charge in [-0.3, -0.25) is 4.79 Å². The molecule has 1 amide bonds. The maximum absolute atomic E-state index is 11.6. The van der Waals surface area contributed by atoms with Crippen LogP contribution in [0.3, 0.4) is 0 Å². The Balaban J connectivity index is 2.20. The van der Waals surface area contributed by atoms with E-state index in [-0.39, 0.29) is 0 Å². The molecule has 0 N–H and O–H groups in total. The van der Waals surface area contributed by atoms with Gasteiger partial charge in [0.15, 0.2) is 0 Å². The largest absolute Gasteiger partial charge is 0.497 e. The Kier molecular flexibility index (Phi) is 3.42. The van der Waals surface area contributed by atoms with Crippen molar-refractivity contribution >= 4 is 6.41 Å². The first-order valence-electron chi connectivity index (χ1n) is 7.15. The Labute approximate surface area is 125 Å². The Morgan fingerprint density at radius 3 is 2.62 bits per heavy atom. The van der Waals surface area contributed by atoms with Gasteiger partial charge in [-0.15, -0.1) is 0 Å². The molecule has 1 heterocycles. The lowest BCUT2D eigenvalue weighted by molar-refractivity contribution is -0.122. The summed E-state index contributed by atoms with van der Waals surface area (Å²) in [6, 6.07) is 16.3. The maximum Gasteiger partial charge on any atom is 0.210 e. The van der Waals surface area contributed by atoms with Crippen LogP contribution in [0.4, 0.5) is 0 Å². The molecule has 1 atom stereocenters. The van der Waals surface area contributed by atoms with Crippen LogP contribution < -0.4 is 4.74 Å². The van der Waals surface area contributed by atoms with Gasteiger partial charge in [0.05, 0.1) is 12.6 Å². The summed E-state index contributed by atoms with van der Waals surface area (Å²) < 4.78 is 5.32. The number of hydrogen-bond donors (Lipinski definition) is 0. The summed E-state index contributed by atoms with van der Waals surface area (Å²) in [4.78, 5) is 13.5. The number of rotatable bonds is 3. The fraction of sp³-hybridized carbons (Fsp3) is 0.278. The standard InChI is InChI=1S/C18H19NO2/c1-18(15-6-4-3-5-7-15)17-9-8-16(21-2)12-14(17)10-11-19(18)13-20/h3-9,12-13H,10-11H2,1-2H3. The lowest BCUT2D eigenvalue weighted by atomic mass is 9.77. The first kappa shape index (κ1) is 13.7. The molecule has 3 nitrogen and oxygen atoms in total. The molecular formula is C18H19NO2. The van der Waals surface area contributed by atoms with Crippen LogP contribution in [0.5, 0.6) is 5.75 Å². The highest BCUT2D eigenvalue weighted by molar-refractivity contribution is 5.58. The summed E-state index contributed by atoms with van der Waals surface area (Å²) in [6.07, 6.45) is 1.81. The highest BCUT2D eigenvalue weighted by Gasteiger charge is 2.39. The topological polar surface area (TPSA) is 29.5 Å². The van der Waals surface area contributed by atoms with Gasteiger partial charge in [-0.1, -0.05) is 36.4 Å². The van der Waals surface area contributed by atoms with Crippen molar-refractivity contribution in [3.05, 3.63) is 65.2 Å². The van der Waals surface area contributed by atoms with Crippen molar-refractivity contribution in [2.75, 3.05) is 13.7 Å². The lowest BCUT2D eigenvalue weighted by Crippen LogP contribution is -2.48. The summed E-state index contributed by atoms with van der Waals surface area (Å²) in [6.45, 7) is 2.83. The molecule has 0 aliphatic carbocycles. The monoisotopic (exact) mass is 281 g/mol. The van der Waals surface area contributed by atoms with E-state index in [1.165, 1.54) is 11.1 Å². The van der Waals surface area contributed by atoms with Crippen molar-refractivity contribution in [3.8, 4) is 5.75 Å². The molecule has 0 fully saturated rings. The van der Waals surface area contributed by atoms with E-state index in [0.717, 1.165) is 30.7 Å². The van der Waals surface area contributed by atoms with Gasteiger partial charge in [-0.2, -0.15) is 0 Å². The van der Waals surface area contributed by atoms with Crippen LogP contribution in [0.2, 0.25) is 0 Å². The van der Waals surface area contributed by atoms with E-state index in [2.05, 4.69) is 31.2 Å². The van der Waals surface area contributed by atoms with Crippen molar-refractivity contribution in [2.24, 2.45) is 0 Å². The van der Waals surface area contributed by atoms with Crippen molar-refractivity contribution in [2.45, 2.75) is 18.9 Å². The van der Waals surface area contributed by atoms with Gasteiger partial charge in [0.25, 0.3) is 0 Å². The molecule has 2 aromatic rings. The normalized spacial score (nSPS) is 20.8. The third kappa shape index (κ3) is 2.09. The van der Waals surface area contributed by atoms with Gasteiger partial charge >= 0.3 is 0 Å². The minimum atomic E-state index is -0.428. The fourth-order valence-corrected chi connectivity index (χ4v) is 3.24. The molecule has 0 spiro atoms. The zero-order valence-electron chi connectivity index (χ0n) is 12.4. The summed E-state index contributed by atoms with van der Waals surface area (Å²) in [5.74, 6) is 0.865. The van der Waals surface area contributed by atoms with Gasteiger partial charge in [0.2, 0.25) is 6.41 Å². The number of carbonyl (C=O) groups is 1. The molecule has 0 saturated heterocycles. The minimum absolute atomic E-state index is 0.428. The van der Waals surface area contributed by atoms with Gasteiger partial charge in [-0.25, -0.2) is 0 Å². The average molecular weight is 281 g/mol. The van der Waals surface area contributed by atoms with E-state index in [1.807, 2.05) is 29.2 Å². The van der Waals surface area contributed by atoms with Gasteiger partial charge < -0.3 is 9.64 Å². The predicted octanol–water partition coefficient (Wildman–Crippen LogP) is 2.97. The Morgan fingerprint density at radius 1 is 1.19 bits per heavy atom. The second-order valence-electron chi connectivity index (χ2n) is 5.51. The van der Waals surface area contributed by atoms with Crippen LogP contribution >= 0.6 is 0 Å². The number of ether oxygens (including phenoxy) is 1. The number of hydrogen-bond acceptors (Lipinski definition) is 2. The second-order valence-corrected chi connectivity index (χ2v) is 5.51. The predicted molar refractivity (Wildman–Crippen MR) is 82.4 cm³/mol. The molecule has 21 heavy (non-hydrogen) atoms. The number of methoxy groups -OCH3 is 1. The van der Waals surface area contributed by atoms with Crippen LogP contribution in [-0.2, 0) is 16.8 Å². The van der Waals surface area contributed by atoms with E-state index in [4.69, 9.17) is 4.74 Å². The summed E-state index contributed by atoms with van der Waals surface area (Å²) >= 11 is 0. The highest BCUT2D eigenvalue weighted by Crippen LogP contribution is 2.41. The molecule has 3 rings (SSSR count). The van der Waals surface area contributed by atoms with Crippen molar-refractivity contribution in [1.29, 1.82) is 0 Å². The minimum Gasteiger partial charge on any atom is -0.497 e. The van der Waals surface area contributed by atoms with Crippen LogP contribution in [0.15, 0.2) is 48.5 Å². The quantitative estimate of drug-likeness (QED) is 0.810. The zero-order chi connectivity index (χ0) is 14.9. The third-order valence-corrected chi connectivity index (χ3v) is 4.50. The van der Waals surface area contributed by atoms with Gasteiger partial charge in [0.1, 0.15) is 5.75 Å². The molecule has 0 saturated carbocycles. The van der Waals surface area contributed by atoms with Gasteiger partial charge in [0, 0.05) is 6.54 Å². The Bertz CT molecular complexity index is 654. The van der Waals surface area contributed by atoms with Crippen LogP contribution in [0.25, 0.3) is 0 Å². The molecule has 0 radical (unpaired) electrons. The molecule has 0 bridgehead atoms. The van der Waals surface area contributed by atoms with E-state index in [1.54, 1.807) is 7.11 Å². The van der Waals surface area contributed by atoms with E-state index in [0.29, 0.717) is 0 Å². The van der Waals surface area contributed by atoms with Gasteiger partial charge in [-0.05, 0) is 42.2 Å². The SMILES string of the molecule is COc1ccc2c(c1)CCN(C=O)C2(C)c1ccccc1. The molecule has 108 valence electrons. The number of nitrogens with zero attached hydrogens (tertiary/aromatic N) is 1. The number of fused-ring (bicyclic) bond motifs is 1. The molecule has 1 aliphatic heterocycles. The average Bonchev–Trinajstić information content (AvgIpc) is 2.55. The number of benzene rings is 2. The molecule has 2 aromatic carbocycles. The van der Waals surface area contributed by atoms with E-state index in [9.17, 15) is 4.79 Å². The second kappa shape index (κ2) is 5.24. The molecule has 1 unspecified atom stereocenters. The number of carbonyl (C=O) groups excluding carboxylic acids is 1. The lowest BCUT2D eigenvalue weighted by Gasteiger charge is -2.44.